The Hall–Kier alpha value is -1.97. The highest BCUT2D eigenvalue weighted by molar-refractivity contribution is 7.99. The molecule has 1 atom stereocenters. The fourth-order valence-corrected chi connectivity index (χ4v) is 3.98. The molecule has 1 spiro atoms. The summed E-state index contributed by atoms with van der Waals surface area (Å²) in [5, 5.41) is 11.6. The van der Waals surface area contributed by atoms with Crippen LogP contribution in [0.25, 0.3) is 0 Å². The van der Waals surface area contributed by atoms with Gasteiger partial charge in [-0.2, -0.15) is 0 Å². The Morgan fingerprint density at radius 3 is 2.92 bits per heavy atom. The van der Waals surface area contributed by atoms with Gasteiger partial charge in [0.1, 0.15) is 11.9 Å². The number of rotatable bonds is 4. The van der Waals surface area contributed by atoms with Crippen LogP contribution in [0.5, 0.6) is 0 Å². The fraction of sp³-hybridized carbons (Fsp3) is 0.733. The molecule has 0 saturated carbocycles. The van der Waals surface area contributed by atoms with Crippen LogP contribution in [0, 0.1) is 0 Å². The Kier molecular flexibility index (Phi) is 5.36. The number of amides is 3. The van der Waals surface area contributed by atoms with E-state index in [2.05, 4.69) is 15.5 Å². The third kappa shape index (κ3) is 4.17. The summed E-state index contributed by atoms with van der Waals surface area (Å²) in [6.07, 6.45) is 3.71. The van der Waals surface area contributed by atoms with E-state index in [1.807, 2.05) is 16.5 Å². The van der Waals surface area contributed by atoms with Crippen molar-refractivity contribution in [2.45, 2.75) is 30.0 Å². The van der Waals surface area contributed by atoms with Gasteiger partial charge in [-0.25, -0.2) is 9.59 Å². The topological polar surface area (TPSA) is 92.6 Å². The van der Waals surface area contributed by atoms with Gasteiger partial charge in [-0.15, -0.1) is 10.2 Å². The Bertz CT molecular complexity index is 639. The van der Waals surface area contributed by atoms with E-state index in [-0.39, 0.29) is 12.1 Å². The zero-order valence-electron chi connectivity index (χ0n) is 14.6. The van der Waals surface area contributed by atoms with Crippen molar-refractivity contribution in [1.29, 1.82) is 0 Å². The molecule has 0 aliphatic carbocycles. The average Bonchev–Trinajstić information content (AvgIpc) is 3.02. The van der Waals surface area contributed by atoms with Gasteiger partial charge in [0.25, 0.3) is 0 Å². The van der Waals surface area contributed by atoms with E-state index in [0.29, 0.717) is 32.6 Å². The number of carbonyl (C=O) groups is 2. The van der Waals surface area contributed by atoms with Crippen molar-refractivity contribution in [1.82, 2.24) is 29.9 Å². The van der Waals surface area contributed by atoms with Crippen molar-refractivity contribution in [3.05, 3.63) is 6.33 Å². The second kappa shape index (κ2) is 7.51. The highest BCUT2D eigenvalue weighted by Gasteiger charge is 2.44. The van der Waals surface area contributed by atoms with Crippen molar-refractivity contribution in [2.75, 3.05) is 39.0 Å². The lowest BCUT2D eigenvalue weighted by atomic mass is 9.95. The molecule has 3 rings (SSSR count). The van der Waals surface area contributed by atoms with Gasteiger partial charge in [-0.1, -0.05) is 11.8 Å². The molecule has 2 fully saturated rings. The number of nitrogens with one attached hydrogen (secondary N) is 1. The first-order valence-electron chi connectivity index (χ1n) is 8.43. The molecule has 25 heavy (non-hydrogen) atoms. The number of carbonyl (C=O) groups excluding carboxylic acids is 2. The maximum atomic E-state index is 12.4. The number of ether oxygens (including phenoxy) is 1. The van der Waals surface area contributed by atoms with Gasteiger partial charge in [0.15, 0.2) is 5.16 Å². The van der Waals surface area contributed by atoms with Gasteiger partial charge in [0, 0.05) is 45.9 Å². The summed E-state index contributed by atoms with van der Waals surface area (Å²) in [7, 11) is 3.64. The first-order chi connectivity index (χ1) is 12.0. The van der Waals surface area contributed by atoms with E-state index in [0.717, 1.165) is 23.8 Å². The molecule has 2 saturated heterocycles. The molecule has 1 N–H and O–H groups in total. The molecule has 2 aliphatic heterocycles. The lowest BCUT2D eigenvalue weighted by Crippen LogP contribution is -2.42. The first-order valence-corrected chi connectivity index (χ1v) is 9.41. The first kappa shape index (κ1) is 17.8. The second-order valence-corrected chi connectivity index (χ2v) is 7.61. The number of nitrogens with zero attached hydrogens (tertiary/aromatic N) is 5. The Balaban J connectivity index is 1.42. The van der Waals surface area contributed by atoms with Crippen LogP contribution >= 0.6 is 11.8 Å². The van der Waals surface area contributed by atoms with Crippen LogP contribution in [-0.2, 0) is 11.8 Å². The van der Waals surface area contributed by atoms with Crippen molar-refractivity contribution < 1.29 is 14.3 Å². The van der Waals surface area contributed by atoms with Gasteiger partial charge in [0.2, 0.25) is 0 Å². The van der Waals surface area contributed by atoms with Crippen LogP contribution in [0.2, 0.25) is 0 Å². The number of aryl methyl sites for hydroxylation is 1. The minimum absolute atomic E-state index is 0.0618. The summed E-state index contributed by atoms with van der Waals surface area (Å²) in [4.78, 5) is 27.5. The van der Waals surface area contributed by atoms with Gasteiger partial charge < -0.3 is 24.4 Å². The summed E-state index contributed by atoms with van der Waals surface area (Å²) < 4.78 is 7.42. The molecule has 0 bridgehead atoms. The van der Waals surface area contributed by atoms with E-state index in [1.165, 1.54) is 0 Å². The molecule has 0 aromatic carbocycles. The third-order valence-corrected chi connectivity index (χ3v) is 5.64. The quantitative estimate of drug-likeness (QED) is 0.628. The Morgan fingerprint density at radius 1 is 1.40 bits per heavy atom. The standard InChI is InChI=1S/C15H24N6O3S/c1-19-10-15(24-14(19)23)4-3-7-21(8-5-15)12(22)16-6-9-25-13-18-17-11-20(13)2/h11H,3-10H2,1-2H3,(H,16,22)/t15-/m0/s1. The molecule has 0 radical (unpaired) electrons. The average molecular weight is 368 g/mol. The summed E-state index contributed by atoms with van der Waals surface area (Å²) in [6.45, 7) is 2.46. The third-order valence-electron chi connectivity index (χ3n) is 4.61. The predicted octanol–water partition coefficient (Wildman–Crippen LogP) is 0.923. The minimum Gasteiger partial charge on any atom is -0.441 e. The lowest BCUT2D eigenvalue weighted by molar-refractivity contribution is 0.0453. The van der Waals surface area contributed by atoms with Crippen LogP contribution in [0.1, 0.15) is 19.3 Å². The number of likely N-dealkylation sites (N-methyl/N-ethyl adjacent to an activating group) is 1. The van der Waals surface area contributed by atoms with Crippen LogP contribution < -0.4 is 5.32 Å². The molecule has 10 heteroatoms. The van der Waals surface area contributed by atoms with Crippen molar-refractivity contribution >= 4 is 23.9 Å². The zero-order valence-corrected chi connectivity index (χ0v) is 15.4. The maximum Gasteiger partial charge on any atom is 0.410 e. The van der Waals surface area contributed by atoms with E-state index in [9.17, 15) is 9.59 Å². The number of urea groups is 1. The highest BCUT2D eigenvalue weighted by Crippen LogP contribution is 2.32. The van der Waals surface area contributed by atoms with Crippen molar-refractivity contribution in [3.8, 4) is 0 Å². The summed E-state index contributed by atoms with van der Waals surface area (Å²) >= 11 is 1.56. The number of hydrogen-bond donors (Lipinski definition) is 1. The molecular weight excluding hydrogens is 344 g/mol. The Labute approximate surface area is 151 Å². The molecule has 0 unspecified atom stereocenters. The van der Waals surface area contributed by atoms with Gasteiger partial charge in [0.05, 0.1) is 6.54 Å². The smallest absolute Gasteiger partial charge is 0.410 e. The van der Waals surface area contributed by atoms with Crippen LogP contribution in [0.4, 0.5) is 9.59 Å². The summed E-state index contributed by atoms with van der Waals surface area (Å²) in [5.41, 5.74) is -0.429. The molecule has 3 heterocycles. The molecule has 2 aliphatic rings. The van der Waals surface area contributed by atoms with Crippen LogP contribution in [0.15, 0.2) is 11.5 Å². The molecule has 1 aromatic heterocycles. The molecule has 1 aromatic rings. The van der Waals surface area contributed by atoms with Gasteiger partial charge in [-0.3, -0.25) is 0 Å². The summed E-state index contributed by atoms with van der Waals surface area (Å²) in [5.74, 6) is 0.735. The lowest BCUT2D eigenvalue weighted by Gasteiger charge is -2.25. The minimum atomic E-state index is -0.429. The molecular formula is C15H24N6O3S. The summed E-state index contributed by atoms with van der Waals surface area (Å²) in [6, 6.07) is -0.0618. The van der Waals surface area contributed by atoms with Crippen LogP contribution in [0.3, 0.4) is 0 Å². The van der Waals surface area contributed by atoms with E-state index < -0.39 is 5.60 Å². The molecule has 138 valence electrons. The Morgan fingerprint density at radius 2 is 2.24 bits per heavy atom. The van der Waals surface area contributed by atoms with Crippen molar-refractivity contribution in [2.24, 2.45) is 7.05 Å². The van der Waals surface area contributed by atoms with E-state index in [4.69, 9.17) is 4.74 Å². The normalized spacial score (nSPS) is 23.7. The van der Waals surface area contributed by atoms with E-state index >= 15 is 0 Å². The fourth-order valence-electron chi connectivity index (χ4n) is 3.24. The predicted molar refractivity (Wildman–Crippen MR) is 92.4 cm³/mol. The SMILES string of the molecule is CN1C[C@@]2(CCCN(C(=O)NCCSc3nncn3C)CC2)OC1=O. The van der Waals surface area contributed by atoms with Crippen LogP contribution in [-0.4, -0.2) is 81.3 Å². The highest BCUT2D eigenvalue weighted by atomic mass is 32.2. The van der Waals surface area contributed by atoms with Gasteiger partial charge in [-0.05, 0) is 12.8 Å². The maximum absolute atomic E-state index is 12.4. The largest absolute Gasteiger partial charge is 0.441 e. The molecule has 3 amide bonds. The van der Waals surface area contributed by atoms with Gasteiger partial charge >= 0.3 is 12.1 Å². The second-order valence-electron chi connectivity index (χ2n) is 6.55. The monoisotopic (exact) mass is 368 g/mol. The number of hydrogen-bond acceptors (Lipinski definition) is 6. The van der Waals surface area contributed by atoms with Crippen molar-refractivity contribution in [3.63, 3.8) is 0 Å². The number of aromatic nitrogens is 3. The molecule has 9 nitrogen and oxygen atoms in total. The number of thioether (sulfide) groups is 1. The number of likely N-dealkylation sites (tertiary alicyclic amines) is 1. The zero-order chi connectivity index (χ0) is 17.9. The van der Waals surface area contributed by atoms with E-state index in [1.54, 1.807) is 30.0 Å².